The summed E-state index contributed by atoms with van der Waals surface area (Å²) in [5, 5.41) is 16.9. The van der Waals surface area contributed by atoms with Crippen molar-refractivity contribution >= 4 is 11.9 Å². The van der Waals surface area contributed by atoms with Gasteiger partial charge in [0.25, 0.3) is 0 Å². The average Bonchev–Trinajstić information content (AvgIpc) is 2.52. The number of hydrogen-bond donors (Lipinski definition) is 1. The van der Waals surface area contributed by atoms with Crippen molar-refractivity contribution in [3.63, 3.8) is 0 Å². The Labute approximate surface area is 75.6 Å². The van der Waals surface area contributed by atoms with Crippen molar-refractivity contribution in [1.82, 2.24) is 4.90 Å². The number of carboxylic acid groups (broad SMARTS) is 1. The second-order valence-electron chi connectivity index (χ2n) is 3.00. The predicted molar refractivity (Wildman–Crippen MR) is 42.6 cm³/mol. The number of amides is 1. The molecule has 1 fully saturated rings. The van der Waals surface area contributed by atoms with Crippen molar-refractivity contribution in [2.24, 2.45) is 5.92 Å². The zero-order valence-electron chi connectivity index (χ0n) is 7.06. The highest BCUT2D eigenvalue weighted by Gasteiger charge is 2.30. The number of carbonyl (C=O) groups excluding carboxylic acids is 1. The van der Waals surface area contributed by atoms with Crippen molar-refractivity contribution in [1.29, 1.82) is 5.26 Å². The Kier molecular flexibility index (Phi) is 2.85. The quantitative estimate of drug-likeness (QED) is 0.643. The number of carbonyl (C=O) groups is 2. The zero-order chi connectivity index (χ0) is 9.84. The van der Waals surface area contributed by atoms with Crippen LogP contribution in [0.1, 0.15) is 12.8 Å². The molecule has 5 nitrogen and oxygen atoms in total. The Bertz CT molecular complexity index is 269. The van der Waals surface area contributed by atoms with E-state index >= 15 is 0 Å². The van der Waals surface area contributed by atoms with Gasteiger partial charge < -0.3 is 10.0 Å². The van der Waals surface area contributed by atoms with Gasteiger partial charge in [0, 0.05) is 13.1 Å². The van der Waals surface area contributed by atoms with Gasteiger partial charge in [-0.15, -0.1) is 0 Å². The first-order chi connectivity index (χ1) is 6.15. The normalized spacial score (nSPS) is 21.2. The Balaban J connectivity index is 2.46. The molecule has 1 aliphatic rings. The van der Waals surface area contributed by atoms with Crippen molar-refractivity contribution in [2.45, 2.75) is 12.8 Å². The van der Waals surface area contributed by atoms with Crippen molar-refractivity contribution in [3.8, 4) is 6.07 Å². The highest BCUT2D eigenvalue weighted by molar-refractivity contribution is 5.80. The minimum absolute atomic E-state index is 0.160. The highest BCUT2D eigenvalue weighted by atomic mass is 16.4. The van der Waals surface area contributed by atoms with Crippen LogP contribution < -0.4 is 0 Å². The molecule has 0 aromatic heterocycles. The first kappa shape index (κ1) is 9.52. The summed E-state index contributed by atoms with van der Waals surface area (Å²) in [5.74, 6) is -1.60. The van der Waals surface area contributed by atoms with Gasteiger partial charge in [-0.3, -0.25) is 9.59 Å². The molecule has 0 spiro atoms. The average molecular weight is 182 g/mol. The number of nitriles is 1. The van der Waals surface area contributed by atoms with E-state index in [-0.39, 0.29) is 18.9 Å². The number of carboxylic acids is 1. The third-order valence-corrected chi connectivity index (χ3v) is 2.12. The topological polar surface area (TPSA) is 81.4 Å². The molecule has 1 atom stereocenters. The van der Waals surface area contributed by atoms with Gasteiger partial charge in [0.15, 0.2) is 0 Å². The minimum atomic E-state index is -0.868. The van der Waals surface area contributed by atoms with Gasteiger partial charge in [-0.25, -0.2) is 0 Å². The van der Waals surface area contributed by atoms with Gasteiger partial charge >= 0.3 is 5.97 Å². The lowest BCUT2D eigenvalue weighted by molar-refractivity contribution is -0.141. The molecular formula is C8H10N2O3. The van der Waals surface area contributed by atoms with Crippen LogP contribution in [0.25, 0.3) is 0 Å². The van der Waals surface area contributed by atoms with Gasteiger partial charge in [-0.05, 0) is 6.42 Å². The van der Waals surface area contributed by atoms with Gasteiger partial charge in [-0.2, -0.15) is 5.26 Å². The fourth-order valence-electron chi connectivity index (χ4n) is 1.37. The number of aliphatic carboxylic acids is 1. The van der Waals surface area contributed by atoms with E-state index in [1.807, 2.05) is 0 Å². The minimum Gasteiger partial charge on any atom is -0.481 e. The molecule has 1 N–H and O–H groups in total. The van der Waals surface area contributed by atoms with E-state index in [0.717, 1.165) is 0 Å². The van der Waals surface area contributed by atoms with Crippen LogP contribution in [-0.2, 0) is 9.59 Å². The lowest BCUT2D eigenvalue weighted by Crippen LogP contribution is -2.29. The number of nitrogens with zero attached hydrogens (tertiary/aromatic N) is 2. The summed E-state index contributed by atoms with van der Waals surface area (Å²) >= 11 is 0. The standard InChI is InChI=1S/C8H10N2O3/c9-3-1-7(11)10-4-2-6(5-10)8(12)13/h6H,1-2,4-5H2,(H,12,13). The SMILES string of the molecule is N#CCC(=O)N1CCC(C(=O)O)C1. The predicted octanol–water partition coefficient (Wildman–Crippen LogP) is -0.167. The molecule has 1 unspecified atom stereocenters. The van der Waals surface area contributed by atoms with Crippen LogP contribution >= 0.6 is 0 Å². The maximum atomic E-state index is 11.1. The molecule has 0 bridgehead atoms. The molecular weight excluding hydrogens is 172 g/mol. The maximum Gasteiger partial charge on any atom is 0.308 e. The molecule has 70 valence electrons. The molecule has 1 heterocycles. The van der Waals surface area contributed by atoms with Gasteiger partial charge in [0.2, 0.25) is 5.91 Å². The highest BCUT2D eigenvalue weighted by Crippen LogP contribution is 2.16. The third kappa shape index (κ3) is 2.18. The van der Waals surface area contributed by atoms with Crippen LogP contribution in [-0.4, -0.2) is 35.0 Å². The lowest BCUT2D eigenvalue weighted by atomic mass is 10.1. The Morgan fingerprint density at radius 2 is 2.31 bits per heavy atom. The van der Waals surface area contributed by atoms with Crippen LogP contribution in [0.5, 0.6) is 0 Å². The largest absolute Gasteiger partial charge is 0.481 e. The molecule has 0 saturated carbocycles. The van der Waals surface area contributed by atoms with E-state index in [1.54, 1.807) is 6.07 Å². The fourth-order valence-corrected chi connectivity index (χ4v) is 1.37. The van der Waals surface area contributed by atoms with E-state index in [1.165, 1.54) is 4.90 Å². The van der Waals surface area contributed by atoms with E-state index in [4.69, 9.17) is 10.4 Å². The van der Waals surface area contributed by atoms with Crippen LogP contribution in [0.4, 0.5) is 0 Å². The van der Waals surface area contributed by atoms with Crippen LogP contribution in [0.2, 0.25) is 0 Å². The van der Waals surface area contributed by atoms with Crippen molar-refractivity contribution < 1.29 is 14.7 Å². The molecule has 0 aliphatic carbocycles. The van der Waals surface area contributed by atoms with Crippen molar-refractivity contribution in [3.05, 3.63) is 0 Å². The van der Waals surface area contributed by atoms with Crippen LogP contribution in [0.15, 0.2) is 0 Å². The maximum absolute atomic E-state index is 11.1. The second-order valence-corrected chi connectivity index (χ2v) is 3.00. The molecule has 1 rings (SSSR count). The van der Waals surface area contributed by atoms with Gasteiger partial charge in [-0.1, -0.05) is 0 Å². The Hall–Kier alpha value is -1.57. The zero-order valence-corrected chi connectivity index (χ0v) is 7.06. The molecule has 0 aromatic carbocycles. The molecule has 1 aliphatic heterocycles. The van der Waals surface area contributed by atoms with Crippen LogP contribution in [0, 0.1) is 17.2 Å². The molecule has 0 aromatic rings. The number of hydrogen-bond acceptors (Lipinski definition) is 3. The summed E-state index contributed by atoms with van der Waals surface area (Å²) in [4.78, 5) is 23.1. The fraction of sp³-hybridized carbons (Fsp3) is 0.625. The lowest BCUT2D eigenvalue weighted by Gasteiger charge is -2.12. The first-order valence-electron chi connectivity index (χ1n) is 4.02. The second kappa shape index (κ2) is 3.90. The van der Waals surface area contributed by atoms with Crippen molar-refractivity contribution in [2.75, 3.05) is 13.1 Å². The summed E-state index contributed by atoms with van der Waals surface area (Å²) in [6.45, 7) is 0.702. The molecule has 13 heavy (non-hydrogen) atoms. The van der Waals surface area contributed by atoms with Crippen LogP contribution in [0.3, 0.4) is 0 Å². The third-order valence-electron chi connectivity index (χ3n) is 2.12. The smallest absolute Gasteiger partial charge is 0.308 e. The Morgan fingerprint density at radius 3 is 2.77 bits per heavy atom. The van der Waals surface area contributed by atoms with E-state index < -0.39 is 11.9 Å². The summed E-state index contributed by atoms with van der Waals surface area (Å²) in [6.07, 6.45) is 0.332. The Morgan fingerprint density at radius 1 is 1.62 bits per heavy atom. The number of rotatable bonds is 2. The molecule has 1 amide bonds. The van der Waals surface area contributed by atoms with Gasteiger partial charge in [0.05, 0.1) is 12.0 Å². The summed E-state index contributed by atoms with van der Waals surface area (Å²) < 4.78 is 0. The monoisotopic (exact) mass is 182 g/mol. The van der Waals surface area contributed by atoms with Gasteiger partial charge in [0.1, 0.15) is 6.42 Å². The molecule has 1 saturated heterocycles. The van der Waals surface area contributed by atoms with E-state index in [2.05, 4.69) is 0 Å². The molecule has 5 heteroatoms. The summed E-state index contributed by atoms with van der Waals surface area (Å²) in [7, 11) is 0. The van der Waals surface area contributed by atoms with E-state index in [0.29, 0.717) is 13.0 Å². The first-order valence-corrected chi connectivity index (χ1v) is 4.02. The molecule has 0 radical (unpaired) electrons. The summed E-state index contributed by atoms with van der Waals surface area (Å²) in [5.41, 5.74) is 0. The summed E-state index contributed by atoms with van der Waals surface area (Å²) in [6, 6.07) is 1.75. The van der Waals surface area contributed by atoms with E-state index in [9.17, 15) is 9.59 Å². The number of likely N-dealkylation sites (tertiary alicyclic amines) is 1.